The van der Waals surface area contributed by atoms with Gasteiger partial charge in [0.25, 0.3) is 5.91 Å². The van der Waals surface area contributed by atoms with Crippen molar-refractivity contribution in [2.24, 2.45) is 0 Å². The number of rotatable bonds is 4. The van der Waals surface area contributed by atoms with Gasteiger partial charge in [-0.3, -0.25) is 15.2 Å². The van der Waals surface area contributed by atoms with Crippen molar-refractivity contribution in [1.82, 2.24) is 15.2 Å². The van der Waals surface area contributed by atoms with Crippen LogP contribution in [0.3, 0.4) is 0 Å². The number of aromatic nitrogens is 3. The van der Waals surface area contributed by atoms with E-state index in [2.05, 4.69) is 36.4 Å². The van der Waals surface area contributed by atoms with Gasteiger partial charge < -0.3 is 0 Å². The number of hydrogen-bond donors (Lipinski definition) is 2. The van der Waals surface area contributed by atoms with Crippen LogP contribution in [0.15, 0.2) is 59.1 Å². The van der Waals surface area contributed by atoms with E-state index >= 15 is 0 Å². The molecule has 24 heavy (non-hydrogen) atoms. The smallest absolute Gasteiger partial charge is 0.250 e. The van der Waals surface area contributed by atoms with Gasteiger partial charge in [-0.25, -0.2) is 4.39 Å². The molecule has 3 aromatic rings. The number of aromatic amines is 1. The zero-order valence-corrected chi connectivity index (χ0v) is 13.9. The molecule has 1 amide bonds. The van der Waals surface area contributed by atoms with Gasteiger partial charge in [-0.05, 0) is 29.8 Å². The van der Waals surface area contributed by atoms with Crippen LogP contribution in [0.5, 0.6) is 0 Å². The maximum Gasteiger partial charge on any atom is 0.250 e. The molecule has 0 aliphatic carbocycles. The Bertz CT molecular complexity index is 907. The molecule has 0 unspecified atom stereocenters. The summed E-state index contributed by atoms with van der Waals surface area (Å²) in [7, 11) is 0. The minimum Gasteiger partial charge on any atom is -0.290 e. The fourth-order valence-electron chi connectivity index (χ4n) is 2.03. The predicted molar refractivity (Wildman–Crippen MR) is 93.6 cm³/mol. The lowest BCUT2D eigenvalue weighted by atomic mass is 10.2. The van der Waals surface area contributed by atoms with E-state index in [0.29, 0.717) is 11.4 Å². The number of halogens is 2. The van der Waals surface area contributed by atoms with Crippen LogP contribution in [0, 0.1) is 5.82 Å². The molecule has 0 fully saturated rings. The van der Waals surface area contributed by atoms with Crippen LogP contribution in [0.1, 0.15) is 5.56 Å². The summed E-state index contributed by atoms with van der Waals surface area (Å²) < 4.78 is 13.9. The molecular weight excluding hydrogens is 375 g/mol. The van der Waals surface area contributed by atoms with E-state index in [0.717, 1.165) is 10.0 Å². The molecule has 0 saturated carbocycles. The Morgan fingerprint density at radius 3 is 2.83 bits per heavy atom. The second-order valence-electron chi connectivity index (χ2n) is 4.87. The minimum atomic E-state index is -0.406. The van der Waals surface area contributed by atoms with Crippen molar-refractivity contribution < 1.29 is 9.18 Å². The molecule has 0 spiro atoms. The van der Waals surface area contributed by atoms with E-state index in [1.807, 2.05) is 24.3 Å². The second-order valence-corrected chi connectivity index (χ2v) is 5.72. The lowest BCUT2D eigenvalue weighted by Crippen LogP contribution is -2.09. The van der Waals surface area contributed by atoms with Crippen LogP contribution in [0.2, 0.25) is 0 Å². The molecule has 0 bridgehead atoms. The zero-order chi connectivity index (χ0) is 16.9. The summed E-state index contributed by atoms with van der Waals surface area (Å²) in [4.78, 5) is 16.1. The Morgan fingerprint density at radius 2 is 2.04 bits per heavy atom. The normalized spacial score (nSPS) is 10.9. The number of carbonyl (C=O) groups excluding carboxylic acids is 1. The van der Waals surface area contributed by atoms with E-state index in [9.17, 15) is 9.18 Å². The van der Waals surface area contributed by atoms with Crippen molar-refractivity contribution in [3.05, 3.63) is 70.5 Å². The highest BCUT2D eigenvalue weighted by molar-refractivity contribution is 9.10. The summed E-state index contributed by atoms with van der Waals surface area (Å²) in [6.07, 6.45) is 2.81. The van der Waals surface area contributed by atoms with Crippen molar-refractivity contribution in [3.8, 4) is 11.4 Å². The van der Waals surface area contributed by atoms with E-state index in [-0.39, 0.29) is 11.8 Å². The quantitative estimate of drug-likeness (QED) is 0.665. The first-order valence-electron chi connectivity index (χ1n) is 7.04. The summed E-state index contributed by atoms with van der Waals surface area (Å²) in [6, 6.07) is 13.5. The van der Waals surface area contributed by atoms with Crippen LogP contribution in [-0.4, -0.2) is 21.1 Å². The highest BCUT2D eigenvalue weighted by Crippen LogP contribution is 2.25. The number of benzene rings is 2. The molecule has 5 nitrogen and oxygen atoms in total. The molecule has 0 aliphatic rings. The third-order valence-corrected chi connectivity index (χ3v) is 3.82. The number of amides is 1. The molecule has 2 N–H and O–H groups in total. The van der Waals surface area contributed by atoms with Gasteiger partial charge in [0.2, 0.25) is 5.95 Å². The first-order valence-corrected chi connectivity index (χ1v) is 7.83. The largest absolute Gasteiger partial charge is 0.290 e. The van der Waals surface area contributed by atoms with Crippen LogP contribution < -0.4 is 5.32 Å². The van der Waals surface area contributed by atoms with Crippen molar-refractivity contribution in [2.45, 2.75) is 0 Å². The van der Waals surface area contributed by atoms with Gasteiger partial charge in [-0.15, -0.1) is 5.10 Å². The molecule has 0 saturated heterocycles. The van der Waals surface area contributed by atoms with Crippen LogP contribution >= 0.6 is 15.9 Å². The molecule has 1 heterocycles. The van der Waals surface area contributed by atoms with Crippen molar-refractivity contribution in [1.29, 1.82) is 0 Å². The van der Waals surface area contributed by atoms with Crippen LogP contribution in [-0.2, 0) is 4.79 Å². The van der Waals surface area contributed by atoms with E-state index in [1.165, 1.54) is 24.3 Å². The zero-order valence-electron chi connectivity index (χ0n) is 12.3. The summed E-state index contributed by atoms with van der Waals surface area (Å²) in [5, 5.41) is 9.28. The monoisotopic (exact) mass is 386 g/mol. The molecule has 7 heteroatoms. The number of nitrogens with one attached hydrogen (secondary N) is 2. The second kappa shape index (κ2) is 7.18. The summed E-state index contributed by atoms with van der Waals surface area (Å²) in [5.74, 6) is -0.0666. The Kier molecular flexibility index (Phi) is 4.81. The Morgan fingerprint density at radius 1 is 1.21 bits per heavy atom. The van der Waals surface area contributed by atoms with Gasteiger partial charge in [-0.1, -0.05) is 46.3 Å². The fraction of sp³-hybridized carbons (Fsp3) is 0. The standard InChI is InChI=1S/C17H12BrFN4O/c18-14-7-2-1-6-13(14)16-21-17(23-22-16)20-15(24)9-8-11-4-3-5-12(19)10-11/h1-10H,(H2,20,21,22,23,24)/b9-8+. The Balaban J connectivity index is 1.68. The lowest BCUT2D eigenvalue weighted by Gasteiger charge is -1.98. The molecule has 0 aliphatic heterocycles. The average Bonchev–Trinajstić information content (AvgIpc) is 3.02. The van der Waals surface area contributed by atoms with Gasteiger partial charge >= 0.3 is 0 Å². The maximum atomic E-state index is 13.1. The minimum absolute atomic E-state index is 0.162. The third kappa shape index (κ3) is 3.94. The number of H-pyrrole nitrogens is 1. The Labute approximate surface area is 145 Å². The third-order valence-electron chi connectivity index (χ3n) is 3.13. The summed E-state index contributed by atoms with van der Waals surface area (Å²) in [6.45, 7) is 0. The molecule has 1 aromatic heterocycles. The van der Waals surface area contributed by atoms with Gasteiger partial charge in [-0.2, -0.15) is 4.98 Å². The lowest BCUT2D eigenvalue weighted by molar-refractivity contribution is -0.111. The average molecular weight is 387 g/mol. The SMILES string of the molecule is O=C(/C=C/c1cccc(F)c1)Nc1n[nH]c(-c2ccccc2Br)n1. The van der Waals surface area contributed by atoms with Crippen molar-refractivity contribution in [2.75, 3.05) is 5.32 Å². The van der Waals surface area contributed by atoms with Crippen LogP contribution in [0.4, 0.5) is 10.3 Å². The first-order chi connectivity index (χ1) is 11.6. The number of nitrogens with zero attached hydrogens (tertiary/aromatic N) is 2. The van der Waals surface area contributed by atoms with Gasteiger partial charge in [0.1, 0.15) is 5.82 Å². The summed E-state index contributed by atoms with van der Waals surface area (Å²) >= 11 is 3.43. The molecule has 2 aromatic carbocycles. The highest BCUT2D eigenvalue weighted by atomic mass is 79.9. The molecule has 0 atom stereocenters. The van der Waals surface area contributed by atoms with E-state index < -0.39 is 5.91 Å². The number of carbonyl (C=O) groups is 1. The van der Waals surface area contributed by atoms with Gasteiger partial charge in [0.15, 0.2) is 5.82 Å². The molecule has 3 rings (SSSR count). The highest BCUT2D eigenvalue weighted by Gasteiger charge is 2.09. The van der Waals surface area contributed by atoms with Gasteiger partial charge in [0, 0.05) is 16.1 Å². The van der Waals surface area contributed by atoms with Crippen molar-refractivity contribution >= 4 is 33.9 Å². The van der Waals surface area contributed by atoms with E-state index in [1.54, 1.807) is 12.1 Å². The first kappa shape index (κ1) is 16.1. The van der Waals surface area contributed by atoms with Crippen molar-refractivity contribution in [3.63, 3.8) is 0 Å². The molecule has 0 radical (unpaired) electrons. The maximum absolute atomic E-state index is 13.1. The van der Waals surface area contributed by atoms with Crippen LogP contribution in [0.25, 0.3) is 17.5 Å². The van der Waals surface area contributed by atoms with Gasteiger partial charge in [0.05, 0.1) is 0 Å². The fourth-order valence-corrected chi connectivity index (χ4v) is 2.50. The summed E-state index contributed by atoms with van der Waals surface area (Å²) in [5.41, 5.74) is 1.43. The Hall–Kier alpha value is -2.80. The number of hydrogen-bond acceptors (Lipinski definition) is 3. The molecule has 120 valence electrons. The van der Waals surface area contributed by atoms with E-state index in [4.69, 9.17) is 0 Å². The molecular formula is C17H12BrFN4O. The number of anilines is 1. The predicted octanol–water partition coefficient (Wildman–Crippen LogP) is 4.03. The topological polar surface area (TPSA) is 70.7 Å².